The third-order valence-corrected chi connectivity index (χ3v) is 2.78. The molecule has 0 spiro atoms. The fraction of sp³-hybridized carbons (Fsp3) is 0.214. The number of Topliss-reactive ketones (excluding diaryl/α,β-unsaturated/α-hetero) is 1. The molecule has 2 heteroatoms. The molecule has 0 heterocycles. The molecule has 0 aliphatic heterocycles. The van der Waals surface area contributed by atoms with Crippen LogP contribution in [-0.4, -0.2) is 12.9 Å². The summed E-state index contributed by atoms with van der Waals surface area (Å²) < 4.78 is 5.21. The smallest absolute Gasteiger partial charge is 0.159 e. The first-order valence-corrected chi connectivity index (χ1v) is 5.21. The molecule has 0 N–H and O–H groups in total. The topological polar surface area (TPSA) is 26.3 Å². The van der Waals surface area contributed by atoms with E-state index >= 15 is 0 Å². The van der Waals surface area contributed by atoms with Crippen LogP contribution in [-0.2, 0) is 0 Å². The summed E-state index contributed by atoms with van der Waals surface area (Å²) in [7, 11) is 1.66. The highest BCUT2D eigenvalue weighted by Crippen LogP contribution is 2.25. The third-order valence-electron chi connectivity index (χ3n) is 2.78. The van der Waals surface area contributed by atoms with Gasteiger partial charge in [0, 0.05) is 5.56 Å². The standard InChI is InChI=1S/C14H14O2/c1-9-6-13(16-3)7-12-5-4-11(10(2)15)8-14(9)12/h4-8H,1-3H3. The maximum Gasteiger partial charge on any atom is 0.159 e. The second kappa shape index (κ2) is 3.97. The van der Waals surface area contributed by atoms with E-state index in [-0.39, 0.29) is 5.78 Å². The lowest BCUT2D eigenvalue weighted by Crippen LogP contribution is -1.92. The van der Waals surface area contributed by atoms with E-state index < -0.39 is 0 Å². The lowest BCUT2D eigenvalue weighted by Gasteiger charge is -2.07. The molecule has 0 bridgehead atoms. The first-order valence-electron chi connectivity index (χ1n) is 5.21. The van der Waals surface area contributed by atoms with E-state index in [2.05, 4.69) is 0 Å². The Labute approximate surface area is 94.8 Å². The number of carbonyl (C=O) groups is 1. The van der Waals surface area contributed by atoms with Crippen LogP contribution in [0.3, 0.4) is 0 Å². The van der Waals surface area contributed by atoms with Crippen LogP contribution in [0.1, 0.15) is 22.8 Å². The molecule has 0 fully saturated rings. The number of methoxy groups -OCH3 is 1. The summed E-state index contributed by atoms with van der Waals surface area (Å²) in [4.78, 5) is 11.3. The van der Waals surface area contributed by atoms with Crippen LogP contribution in [0, 0.1) is 6.92 Å². The second-order valence-corrected chi connectivity index (χ2v) is 3.94. The number of rotatable bonds is 2. The highest BCUT2D eigenvalue weighted by molar-refractivity contribution is 5.99. The van der Waals surface area contributed by atoms with Crippen LogP contribution in [0.25, 0.3) is 10.8 Å². The molecule has 0 amide bonds. The van der Waals surface area contributed by atoms with Gasteiger partial charge in [0.25, 0.3) is 0 Å². The van der Waals surface area contributed by atoms with Crippen molar-refractivity contribution in [2.24, 2.45) is 0 Å². The fourth-order valence-electron chi connectivity index (χ4n) is 1.85. The molecule has 0 saturated heterocycles. The van der Waals surface area contributed by atoms with Gasteiger partial charge in [-0.2, -0.15) is 0 Å². The van der Waals surface area contributed by atoms with Crippen molar-refractivity contribution in [3.05, 3.63) is 41.5 Å². The summed E-state index contributed by atoms with van der Waals surface area (Å²) in [6.45, 7) is 3.61. The molecule has 16 heavy (non-hydrogen) atoms. The van der Waals surface area contributed by atoms with Crippen molar-refractivity contribution in [1.29, 1.82) is 0 Å². The molecule has 0 unspecified atom stereocenters. The summed E-state index contributed by atoms with van der Waals surface area (Å²) in [5, 5.41) is 2.20. The van der Waals surface area contributed by atoms with E-state index in [9.17, 15) is 4.79 Å². The van der Waals surface area contributed by atoms with E-state index in [1.54, 1.807) is 14.0 Å². The first-order chi connectivity index (χ1) is 7.61. The van der Waals surface area contributed by atoms with E-state index in [1.807, 2.05) is 37.3 Å². The summed E-state index contributed by atoms with van der Waals surface area (Å²) in [5.41, 5.74) is 1.87. The van der Waals surface area contributed by atoms with Crippen LogP contribution in [0.5, 0.6) is 5.75 Å². The SMILES string of the molecule is COc1cc(C)c2cc(C(C)=O)ccc2c1. The van der Waals surface area contributed by atoms with Gasteiger partial charge in [0.2, 0.25) is 0 Å². The summed E-state index contributed by atoms with van der Waals surface area (Å²) in [6.07, 6.45) is 0. The third kappa shape index (κ3) is 1.78. The largest absolute Gasteiger partial charge is 0.497 e. The molecule has 2 aromatic carbocycles. The Bertz CT molecular complexity index is 556. The Hall–Kier alpha value is -1.83. The number of fused-ring (bicyclic) bond motifs is 1. The fourth-order valence-corrected chi connectivity index (χ4v) is 1.85. The molecular weight excluding hydrogens is 200 g/mol. The van der Waals surface area contributed by atoms with Gasteiger partial charge in [0.1, 0.15) is 5.75 Å². The van der Waals surface area contributed by atoms with Gasteiger partial charge in [-0.15, -0.1) is 0 Å². The zero-order chi connectivity index (χ0) is 11.7. The quantitative estimate of drug-likeness (QED) is 0.716. The van der Waals surface area contributed by atoms with Gasteiger partial charge in [-0.1, -0.05) is 12.1 Å². The second-order valence-electron chi connectivity index (χ2n) is 3.94. The predicted octanol–water partition coefficient (Wildman–Crippen LogP) is 3.36. The highest BCUT2D eigenvalue weighted by Gasteiger charge is 2.04. The number of aryl methyl sites for hydroxylation is 1. The minimum atomic E-state index is 0.0946. The Morgan fingerprint density at radius 3 is 2.56 bits per heavy atom. The Morgan fingerprint density at radius 1 is 1.19 bits per heavy atom. The van der Waals surface area contributed by atoms with Crippen molar-refractivity contribution in [3.8, 4) is 5.75 Å². The highest BCUT2D eigenvalue weighted by atomic mass is 16.5. The Balaban J connectivity index is 2.70. The van der Waals surface area contributed by atoms with Gasteiger partial charge >= 0.3 is 0 Å². The molecule has 2 nitrogen and oxygen atoms in total. The normalized spacial score (nSPS) is 10.4. The molecule has 0 aromatic heterocycles. The van der Waals surface area contributed by atoms with Crippen molar-refractivity contribution < 1.29 is 9.53 Å². The number of carbonyl (C=O) groups excluding carboxylic acids is 1. The Morgan fingerprint density at radius 2 is 1.94 bits per heavy atom. The lowest BCUT2D eigenvalue weighted by molar-refractivity contribution is 0.101. The van der Waals surface area contributed by atoms with Gasteiger partial charge in [0.05, 0.1) is 7.11 Å². The number of ether oxygens (including phenoxy) is 1. The molecular formula is C14H14O2. The van der Waals surface area contributed by atoms with Crippen LogP contribution >= 0.6 is 0 Å². The first kappa shape index (κ1) is 10.7. The maximum absolute atomic E-state index is 11.3. The van der Waals surface area contributed by atoms with Gasteiger partial charge in [-0.3, -0.25) is 4.79 Å². The van der Waals surface area contributed by atoms with Crippen LogP contribution < -0.4 is 4.74 Å². The minimum Gasteiger partial charge on any atom is -0.497 e. The Kier molecular flexibility index (Phi) is 2.65. The molecule has 0 aliphatic carbocycles. The summed E-state index contributed by atoms with van der Waals surface area (Å²) in [6, 6.07) is 9.70. The van der Waals surface area contributed by atoms with E-state index in [4.69, 9.17) is 4.74 Å². The maximum atomic E-state index is 11.3. The van der Waals surface area contributed by atoms with Crippen molar-refractivity contribution in [3.63, 3.8) is 0 Å². The van der Waals surface area contributed by atoms with E-state index in [1.165, 1.54) is 0 Å². The van der Waals surface area contributed by atoms with Crippen molar-refractivity contribution >= 4 is 16.6 Å². The van der Waals surface area contributed by atoms with Crippen LogP contribution in [0.4, 0.5) is 0 Å². The van der Waals surface area contributed by atoms with Gasteiger partial charge < -0.3 is 4.74 Å². The molecule has 0 atom stereocenters. The van der Waals surface area contributed by atoms with Crippen molar-refractivity contribution in [2.75, 3.05) is 7.11 Å². The predicted molar refractivity (Wildman–Crippen MR) is 65.2 cm³/mol. The lowest BCUT2D eigenvalue weighted by atomic mass is 10.0. The van der Waals surface area contributed by atoms with Crippen LogP contribution in [0.2, 0.25) is 0 Å². The van der Waals surface area contributed by atoms with Crippen molar-refractivity contribution in [2.45, 2.75) is 13.8 Å². The number of benzene rings is 2. The number of ketones is 1. The molecule has 2 rings (SSSR count). The molecule has 0 aliphatic rings. The van der Waals surface area contributed by atoms with Crippen molar-refractivity contribution in [1.82, 2.24) is 0 Å². The molecule has 0 saturated carbocycles. The van der Waals surface area contributed by atoms with E-state index in [0.717, 1.165) is 27.6 Å². The zero-order valence-corrected chi connectivity index (χ0v) is 9.70. The van der Waals surface area contributed by atoms with Crippen LogP contribution in [0.15, 0.2) is 30.3 Å². The average molecular weight is 214 g/mol. The molecule has 2 aromatic rings. The monoisotopic (exact) mass is 214 g/mol. The number of hydrogen-bond donors (Lipinski definition) is 0. The zero-order valence-electron chi connectivity index (χ0n) is 9.70. The average Bonchev–Trinajstić information content (AvgIpc) is 2.28. The van der Waals surface area contributed by atoms with E-state index in [0.29, 0.717) is 0 Å². The molecule has 0 radical (unpaired) electrons. The van der Waals surface area contributed by atoms with Gasteiger partial charge in [-0.05, 0) is 48.4 Å². The van der Waals surface area contributed by atoms with Gasteiger partial charge in [-0.25, -0.2) is 0 Å². The van der Waals surface area contributed by atoms with Gasteiger partial charge in [0.15, 0.2) is 5.78 Å². The minimum absolute atomic E-state index is 0.0946. The number of hydrogen-bond acceptors (Lipinski definition) is 2. The molecule has 82 valence electrons. The summed E-state index contributed by atoms with van der Waals surface area (Å²) >= 11 is 0. The summed E-state index contributed by atoms with van der Waals surface area (Å²) in [5.74, 6) is 0.942.